The van der Waals surface area contributed by atoms with Crippen LogP contribution in [0.5, 0.6) is 0 Å². The first-order valence-corrected chi connectivity index (χ1v) is 8.53. The molecule has 2 aliphatic heterocycles. The topological polar surface area (TPSA) is 36.0 Å². The summed E-state index contributed by atoms with van der Waals surface area (Å²) in [6, 6.07) is 6.92. The van der Waals surface area contributed by atoms with Gasteiger partial charge in [-0.3, -0.25) is 4.90 Å². The number of carbonyl (C=O) groups excluding carboxylic acids is 1. The highest BCUT2D eigenvalue weighted by molar-refractivity contribution is 5.74. The highest BCUT2D eigenvalue weighted by Crippen LogP contribution is 2.14. The number of rotatable bonds is 2. The summed E-state index contributed by atoms with van der Waals surface area (Å²) in [5.74, 6) is 0. The maximum Gasteiger partial charge on any atom is 0.320 e. The molecule has 23 heavy (non-hydrogen) atoms. The van der Waals surface area contributed by atoms with E-state index in [1.54, 1.807) is 0 Å². The van der Waals surface area contributed by atoms with E-state index in [9.17, 15) is 4.79 Å². The maximum absolute atomic E-state index is 12.5. The number of benzene rings is 1. The molecule has 2 aliphatic rings. The zero-order chi connectivity index (χ0) is 16.2. The van der Waals surface area contributed by atoms with E-state index in [2.05, 4.69) is 36.9 Å². The molecule has 3 rings (SSSR count). The monoisotopic (exact) mass is 317 g/mol. The van der Waals surface area contributed by atoms with Crippen molar-refractivity contribution in [2.75, 3.05) is 52.5 Å². The fraction of sp³-hybridized carbons (Fsp3) is 0.611. The number of morpholine rings is 1. The van der Waals surface area contributed by atoms with Gasteiger partial charge in [0.05, 0.1) is 13.2 Å². The molecule has 126 valence electrons. The molecule has 0 atom stereocenters. The van der Waals surface area contributed by atoms with E-state index < -0.39 is 0 Å². The highest BCUT2D eigenvalue weighted by atomic mass is 16.5. The Bertz CT molecular complexity index is 527. The van der Waals surface area contributed by atoms with Crippen LogP contribution in [0.4, 0.5) is 4.79 Å². The van der Waals surface area contributed by atoms with E-state index in [1.165, 1.54) is 16.7 Å². The zero-order valence-electron chi connectivity index (χ0n) is 14.3. The summed E-state index contributed by atoms with van der Waals surface area (Å²) in [6.45, 7) is 11.6. The van der Waals surface area contributed by atoms with Crippen LogP contribution in [0, 0.1) is 13.8 Å². The van der Waals surface area contributed by atoms with Crippen LogP contribution in [0.1, 0.15) is 16.7 Å². The van der Waals surface area contributed by atoms with E-state index in [-0.39, 0.29) is 6.03 Å². The molecular formula is C18H27N3O2. The summed E-state index contributed by atoms with van der Waals surface area (Å²) in [4.78, 5) is 18.8. The fourth-order valence-electron chi connectivity index (χ4n) is 3.47. The predicted octanol–water partition coefficient (Wildman–Crippen LogP) is 1.87. The largest absolute Gasteiger partial charge is 0.378 e. The fourth-order valence-corrected chi connectivity index (χ4v) is 3.47. The molecule has 1 aromatic rings. The summed E-state index contributed by atoms with van der Waals surface area (Å²) in [6.07, 6.45) is 0. The number of amides is 2. The summed E-state index contributed by atoms with van der Waals surface area (Å²) < 4.78 is 5.32. The minimum atomic E-state index is 0.180. The first-order chi connectivity index (χ1) is 11.1. The Kier molecular flexibility index (Phi) is 5.18. The van der Waals surface area contributed by atoms with Crippen molar-refractivity contribution in [3.8, 4) is 0 Å². The molecule has 0 spiro atoms. The van der Waals surface area contributed by atoms with Crippen molar-refractivity contribution < 1.29 is 9.53 Å². The third kappa shape index (κ3) is 4.24. The average Bonchev–Trinajstić information content (AvgIpc) is 2.55. The Morgan fingerprint density at radius 3 is 2.09 bits per heavy atom. The smallest absolute Gasteiger partial charge is 0.320 e. The Labute approximate surface area is 138 Å². The number of piperazine rings is 1. The van der Waals surface area contributed by atoms with Crippen molar-refractivity contribution in [1.29, 1.82) is 0 Å². The molecule has 2 saturated heterocycles. The maximum atomic E-state index is 12.5. The lowest BCUT2D eigenvalue weighted by atomic mass is 10.1. The molecule has 0 radical (unpaired) electrons. The van der Waals surface area contributed by atoms with Crippen molar-refractivity contribution in [1.82, 2.24) is 14.7 Å². The lowest BCUT2D eigenvalue weighted by Crippen LogP contribution is -2.54. The van der Waals surface area contributed by atoms with Crippen LogP contribution in [0.25, 0.3) is 0 Å². The number of ether oxygens (including phenoxy) is 1. The average molecular weight is 317 g/mol. The summed E-state index contributed by atoms with van der Waals surface area (Å²) in [7, 11) is 0. The lowest BCUT2D eigenvalue weighted by molar-refractivity contribution is 0.0373. The van der Waals surface area contributed by atoms with Crippen LogP contribution in [0.2, 0.25) is 0 Å². The van der Waals surface area contributed by atoms with Gasteiger partial charge in [0, 0.05) is 45.8 Å². The summed E-state index contributed by atoms with van der Waals surface area (Å²) in [5, 5.41) is 0. The number of urea groups is 1. The molecule has 5 nitrogen and oxygen atoms in total. The van der Waals surface area contributed by atoms with Crippen molar-refractivity contribution in [3.63, 3.8) is 0 Å². The summed E-state index contributed by atoms with van der Waals surface area (Å²) >= 11 is 0. The number of aryl methyl sites for hydroxylation is 2. The van der Waals surface area contributed by atoms with Gasteiger partial charge in [0.2, 0.25) is 0 Å². The van der Waals surface area contributed by atoms with Gasteiger partial charge in [-0.15, -0.1) is 0 Å². The molecule has 0 unspecified atom stereocenters. The van der Waals surface area contributed by atoms with Crippen LogP contribution in [-0.4, -0.2) is 73.2 Å². The third-order valence-corrected chi connectivity index (χ3v) is 4.61. The van der Waals surface area contributed by atoms with E-state index in [0.29, 0.717) is 13.2 Å². The lowest BCUT2D eigenvalue weighted by Gasteiger charge is -2.38. The number of hydrogen-bond acceptors (Lipinski definition) is 3. The quantitative estimate of drug-likeness (QED) is 0.835. The van der Waals surface area contributed by atoms with Crippen LogP contribution in [0.3, 0.4) is 0 Å². The molecule has 2 fully saturated rings. The summed E-state index contributed by atoms with van der Waals surface area (Å²) in [5.41, 5.74) is 4.01. The first-order valence-electron chi connectivity index (χ1n) is 8.53. The molecule has 0 saturated carbocycles. The van der Waals surface area contributed by atoms with Crippen molar-refractivity contribution in [2.24, 2.45) is 0 Å². The number of nitrogens with zero attached hydrogens (tertiary/aromatic N) is 3. The molecular weight excluding hydrogens is 290 g/mol. The highest BCUT2D eigenvalue weighted by Gasteiger charge is 2.26. The number of hydrogen-bond donors (Lipinski definition) is 0. The predicted molar refractivity (Wildman–Crippen MR) is 90.6 cm³/mol. The van der Waals surface area contributed by atoms with Crippen LogP contribution in [0.15, 0.2) is 18.2 Å². The van der Waals surface area contributed by atoms with Crippen molar-refractivity contribution in [3.05, 3.63) is 34.9 Å². The van der Waals surface area contributed by atoms with E-state index >= 15 is 0 Å². The Morgan fingerprint density at radius 1 is 0.913 bits per heavy atom. The molecule has 0 aromatic heterocycles. The Morgan fingerprint density at radius 2 is 1.48 bits per heavy atom. The standard InChI is InChI=1S/C18H27N3O2/c1-15-11-16(2)13-17(12-15)14-19-3-5-20(6-4-19)18(22)21-7-9-23-10-8-21/h11-13H,3-10,14H2,1-2H3. The van der Waals surface area contributed by atoms with E-state index in [1.807, 2.05) is 9.80 Å². The van der Waals surface area contributed by atoms with Gasteiger partial charge < -0.3 is 14.5 Å². The van der Waals surface area contributed by atoms with Gasteiger partial charge in [0.25, 0.3) is 0 Å². The van der Waals surface area contributed by atoms with Gasteiger partial charge in [-0.2, -0.15) is 0 Å². The van der Waals surface area contributed by atoms with Gasteiger partial charge in [-0.05, 0) is 19.4 Å². The molecule has 0 aliphatic carbocycles. The minimum absolute atomic E-state index is 0.180. The van der Waals surface area contributed by atoms with Gasteiger partial charge in [0.15, 0.2) is 0 Å². The molecule has 2 amide bonds. The van der Waals surface area contributed by atoms with Crippen LogP contribution in [-0.2, 0) is 11.3 Å². The SMILES string of the molecule is Cc1cc(C)cc(CN2CCN(C(=O)N3CCOCC3)CC2)c1. The van der Waals surface area contributed by atoms with Crippen LogP contribution >= 0.6 is 0 Å². The molecule has 2 heterocycles. The first kappa shape index (κ1) is 16.3. The van der Waals surface area contributed by atoms with Crippen molar-refractivity contribution in [2.45, 2.75) is 20.4 Å². The van der Waals surface area contributed by atoms with Gasteiger partial charge in [-0.25, -0.2) is 4.79 Å². The van der Waals surface area contributed by atoms with Crippen molar-refractivity contribution >= 4 is 6.03 Å². The second-order valence-corrected chi connectivity index (χ2v) is 6.64. The Hall–Kier alpha value is -1.59. The van der Waals surface area contributed by atoms with Gasteiger partial charge >= 0.3 is 6.03 Å². The van der Waals surface area contributed by atoms with E-state index in [0.717, 1.165) is 45.8 Å². The van der Waals surface area contributed by atoms with Gasteiger partial charge in [0.1, 0.15) is 0 Å². The van der Waals surface area contributed by atoms with Gasteiger partial charge in [-0.1, -0.05) is 29.3 Å². The zero-order valence-corrected chi connectivity index (χ0v) is 14.3. The molecule has 0 bridgehead atoms. The molecule has 5 heteroatoms. The van der Waals surface area contributed by atoms with Crippen LogP contribution < -0.4 is 0 Å². The second kappa shape index (κ2) is 7.32. The Balaban J connectivity index is 1.50. The molecule has 0 N–H and O–H groups in total. The van der Waals surface area contributed by atoms with E-state index in [4.69, 9.17) is 4.74 Å². The number of carbonyl (C=O) groups is 1. The molecule has 1 aromatic carbocycles. The normalized spacial score (nSPS) is 19.9. The third-order valence-electron chi connectivity index (χ3n) is 4.61. The minimum Gasteiger partial charge on any atom is -0.378 e. The second-order valence-electron chi connectivity index (χ2n) is 6.64.